The van der Waals surface area contributed by atoms with Gasteiger partial charge >= 0.3 is 6.18 Å². The van der Waals surface area contributed by atoms with Crippen LogP contribution in [0.2, 0.25) is 0 Å². The lowest BCUT2D eigenvalue weighted by Crippen LogP contribution is -2.01. The smallest absolute Gasteiger partial charge is 0.206 e. The molecule has 5 heteroatoms. The topological polar surface area (TPSA) is 0 Å². The first-order valence-corrected chi connectivity index (χ1v) is 6.08. The highest BCUT2D eigenvalue weighted by Crippen LogP contribution is 2.27. The summed E-state index contributed by atoms with van der Waals surface area (Å²) in [5.41, 5.74) is 1.14. The lowest BCUT2D eigenvalue weighted by atomic mass is 10.0. The maximum Gasteiger partial charge on any atom is 0.409 e. The zero-order chi connectivity index (χ0) is 15.6. The van der Waals surface area contributed by atoms with Crippen LogP contribution in [0.1, 0.15) is 11.1 Å². The van der Waals surface area contributed by atoms with Crippen LogP contribution in [0.25, 0.3) is 17.2 Å². The van der Waals surface area contributed by atoms with Gasteiger partial charge < -0.3 is 0 Å². The molecule has 0 radical (unpaired) electrons. The normalized spacial score (nSPS) is 12.1. The number of alkyl halides is 3. The van der Waals surface area contributed by atoms with Gasteiger partial charge in [0.2, 0.25) is 0 Å². The second-order valence-electron chi connectivity index (χ2n) is 4.59. The van der Waals surface area contributed by atoms with E-state index in [0.29, 0.717) is 11.6 Å². The zero-order valence-corrected chi connectivity index (χ0v) is 11.0. The summed E-state index contributed by atoms with van der Waals surface area (Å²) in [5.74, 6) is -2.07. The molecule has 0 nitrogen and oxygen atoms in total. The van der Waals surface area contributed by atoms with Crippen molar-refractivity contribution in [1.29, 1.82) is 0 Å². The number of rotatable bonds is 2. The van der Waals surface area contributed by atoms with E-state index in [-0.39, 0.29) is 11.6 Å². The number of hydrogen-bond acceptors (Lipinski definition) is 0. The lowest BCUT2D eigenvalue weighted by molar-refractivity contribution is -0.0790. The largest absolute Gasteiger partial charge is 0.409 e. The van der Waals surface area contributed by atoms with Gasteiger partial charge in [-0.25, -0.2) is 8.78 Å². The molecule has 2 aromatic carbocycles. The van der Waals surface area contributed by atoms with E-state index >= 15 is 0 Å². The van der Waals surface area contributed by atoms with E-state index in [4.69, 9.17) is 0 Å². The van der Waals surface area contributed by atoms with Crippen molar-refractivity contribution in [3.8, 4) is 11.1 Å². The summed E-state index contributed by atoms with van der Waals surface area (Å²) < 4.78 is 63.8. The first kappa shape index (κ1) is 15.2. The number of halogens is 5. The van der Waals surface area contributed by atoms with Crippen LogP contribution < -0.4 is 0 Å². The van der Waals surface area contributed by atoms with Gasteiger partial charge in [-0.3, -0.25) is 0 Å². The van der Waals surface area contributed by atoms with Crippen molar-refractivity contribution in [1.82, 2.24) is 0 Å². The third-order valence-electron chi connectivity index (χ3n) is 2.90. The fourth-order valence-corrected chi connectivity index (χ4v) is 1.83. The standard InChI is InChI=1S/C16H11F5/c1-10-2-4-11(5-3-10)12-8-14(17)13(15(18)9-12)6-7-16(19,20)21/h2-9H,1H3. The Kier molecular flexibility index (Phi) is 4.11. The first-order valence-electron chi connectivity index (χ1n) is 6.08. The van der Waals surface area contributed by atoms with Gasteiger partial charge in [-0.1, -0.05) is 29.8 Å². The molecule has 0 aromatic heterocycles. The van der Waals surface area contributed by atoms with E-state index in [1.54, 1.807) is 24.3 Å². The third kappa shape index (κ3) is 3.90. The molecule has 2 aromatic rings. The highest BCUT2D eigenvalue weighted by molar-refractivity contribution is 5.66. The molecule has 0 saturated heterocycles. The number of aryl methyl sites for hydroxylation is 1. The minimum absolute atomic E-state index is 0.194. The van der Waals surface area contributed by atoms with E-state index in [0.717, 1.165) is 17.7 Å². The molecule has 2 rings (SSSR count). The number of hydrogen-bond donors (Lipinski definition) is 0. The molecule has 0 aliphatic carbocycles. The fourth-order valence-electron chi connectivity index (χ4n) is 1.83. The van der Waals surface area contributed by atoms with Gasteiger partial charge in [0.1, 0.15) is 11.6 Å². The molecule has 0 N–H and O–H groups in total. The summed E-state index contributed by atoms with van der Waals surface area (Å²) in [4.78, 5) is 0. The molecule has 21 heavy (non-hydrogen) atoms. The lowest BCUT2D eigenvalue weighted by Gasteiger charge is -2.07. The van der Waals surface area contributed by atoms with Crippen LogP contribution in [0.5, 0.6) is 0 Å². The number of allylic oxidation sites excluding steroid dienone is 1. The van der Waals surface area contributed by atoms with Crippen molar-refractivity contribution in [2.24, 2.45) is 0 Å². The van der Waals surface area contributed by atoms with Gasteiger partial charge in [0.15, 0.2) is 0 Å². The molecule has 0 atom stereocenters. The van der Waals surface area contributed by atoms with E-state index < -0.39 is 23.4 Å². The van der Waals surface area contributed by atoms with Crippen LogP contribution in [-0.4, -0.2) is 6.18 Å². The Morgan fingerprint density at radius 2 is 1.38 bits per heavy atom. The molecule has 0 aliphatic rings. The predicted molar refractivity (Wildman–Crippen MR) is 71.6 cm³/mol. The molecule has 0 bridgehead atoms. The monoisotopic (exact) mass is 298 g/mol. The van der Waals surface area contributed by atoms with Crippen LogP contribution >= 0.6 is 0 Å². The molecule has 0 heterocycles. The molecular formula is C16H11F5. The third-order valence-corrected chi connectivity index (χ3v) is 2.90. The molecule has 0 unspecified atom stereocenters. The van der Waals surface area contributed by atoms with Gasteiger partial charge in [0, 0.05) is 11.6 Å². The first-order chi connectivity index (χ1) is 9.76. The van der Waals surface area contributed by atoms with Crippen molar-refractivity contribution in [3.05, 3.63) is 65.2 Å². The average molecular weight is 298 g/mol. The second-order valence-corrected chi connectivity index (χ2v) is 4.59. The van der Waals surface area contributed by atoms with Crippen LogP contribution in [0.15, 0.2) is 42.5 Å². The Labute approximate surface area is 118 Å². The molecule has 0 aliphatic heterocycles. The van der Waals surface area contributed by atoms with Crippen molar-refractivity contribution in [2.75, 3.05) is 0 Å². The van der Waals surface area contributed by atoms with E-state index in [2.05, 4.69) is 0 Å². The van der Waals surface area contributed by atoms with Gasteiger partial charge in [-0.05, 0) is 36.3 Å². The summed E-state index contributed by atoms with van der Waals surface area (Å²) in [6.45, 7) is 1.87. The van der Waals surface area contributed by atoms with E-state index in [1.807, 2.05) is 6.92 Å². The summed E-state index contributed by atoms with van der Waals surface area (Å²) >= 11 is 0. The Hall–Kier alpha value is -2.17. The van der Waals surface area contributed by atoms with Crippen LogP contribution in [0, 0.1) is 18.6 Å². The van der Waals surface area contributed by atoms with Gasteiger partial charge in [-0.2, -0.15) is 13.2 Å². The van der Waals surface area contributed by atoms with Gasteiger partial charge in [0.05, 0.1) is 0 Å². The summed E-state index contributed by atoms with van der Waals surface area (Å²) in [7, 11) is 0. The summed E-state index contributed by atoms with van der Waals surface area (Å²) in [6.07, 6.45) is -4.42. The molecule has 0 spiro atoms. The molecule has 110 valence electrons. The fraction of sp³-hybridized carbons (Fsp3) is 0.125. The molecule has 0 fully saturated rings. The minimum Gasteiger partial charge on any atom is -0.206 e. The Balaban J connectivity index is 2.42. The number of benzene rings is 2. The van der Waals surface area contributed by atoms with Crippen molar-refractivity contribution >= 4 is 6.08 Å². The van der Waals surface area contributed by atoms with E-state index in [1.165, 1.54) is 0 Å². The predicted octanol–water partition coefficient (Wildman–Crippen LogP) is 5.52. The summed E-state index contributed by atoms with van der Waals surface area (Å²) in [6, 6.07) is 8.97. The van der Waals surface area contributed by atoms with Crippen LogP contribution in [0.3, 0.4) is 0 Å². The van der Waals surface area contributed by atoms with E-state index in [9.17, 15) is 22.0 Å². The maximum absolute atomic E-state index is 13.8. The molecule has 0 saturated carbocycles. The van der Waals surface area contributed by atoms with Gasteiger partial charge in [0.25, 0.3) is 0 Å². The molecule has 0 amide bonds. The Morgan fingerprint density at radius 1 is 0.857 bits per heavy atom. The minimum atomic E-state index is -4.62. The van der Waals surface area contributed by atoms with Crippen molar-refractivity contribution < 1.29 is 22.0 Å². The van der Waals surface area contributed by atoms with Gasteiger partial charge in [-0.15, -0.1) is 0 Å². The highest BCUT2D eigenvalue weighted by Gasteiger charge is 2.22. The molecular weight excluding hydrogens is 287 g/mol. The average Bonchev–Trinajstić information content (AvgIpc) is 2.37. The highest BCUT2D eigenvalue weighted by atomic mass is 19.4. The maximum atomic E-state index is 13.8. The summed E-state index contributed by atoms with van der Waals surface area (Å²) in [5, 5.41) is 0. The van der Waals surface area contributed by atoms with Crippen molar-refractivity contribution in [2.45, 2.75) is 13.1 Å². The zero-order valence-electron chi connectivity index (χ0n) is 11.0. The Bertz CT molecular complexity index is 643. The quantitative estimate of drug-likeness (QED) is 0.641. The SMILES string of the molecule is Cc1ccc(-c2cc(F)c(C=CC(F)(F)F)c(F)c2)cc1. The van der Waals surface area contributed by atoms with Crippen LogP contribution in [-0.2, 0) is 0 Å². The van der Waals surface area contributed by atoms with Crippen molar-refractivity contribution in [3.63, 3.8) is 0 Å². The Morgan fingerprint density at radius 3 is 1.86 bits per heavy atom. The van der Waals surface area contributed by atoms with Crippen LogP contribution in [0.4, 0.5) is 22.0 Å². The second kappa shape index (κ2) is 5.68.